The maximum atomic E-state index is 12.1. The fourth-order valence-corrected chi connectivity index (χ4v) is 2.26. The molecule has 1 amide bonds. The molecule has 3 rings (SSSR count). The minimum absolute atomic E-state index is 0.172. The van der Waals surface area contributed by atoms with Crippen molar-refractivity contribution in [2.24, 2.45) is 0 Å². The highest BCUT2D eigenvalue weighted by molar-refractivity contribution is 5.94. The van der Waals surface area contributed by atoms with Crippen molar-refractivity contribution in [3.8, 4) is 5.75 Å². The molecule has 112 valence electrons. The van der Waals surface area contributed by atoms with E-state index >= 15 is 0 Å². The van der Waals surface area contributed by atoms with Gasteiger partial charge in [-0.15, -0.1) is 0 Å². The SMILES string of the molecule is COc1ccccc1CC(=O)Nc1ccc2oc(=O)[nH]c2c1. The van der Waals surface area contributed by atoms with E-state index in [0.717, 1.165) is 5.56 Å². The summed E-state index contributed by atoms with van der Waals surface area (Å²) in [5, 5.41) is 2.78. The maximum Gasteiger partial charge on any atom is 0.417 e. The number of amides is 1. The Labute approximate surface area is 125 Å². The van der Waals surface area contributed by atoms with Gasteiger partial charge in [-0.2, -0.15) is 0 Å². The van der Waals surface area contributed by atoms with Gasteiger partial charge in [-0.1, -0.05) is 18.2 Å². The second kappa shape index (κ2) is 5.77. The average Bonchev–Trinajstić information content (AvgIpc) is 2.87. The number of rotatable bonds is 4. The smallest absolute Gasteiger partial charge is 0.417 e. The molecule has 0 aliphatic rings. The third-order valence-electron chi connectivity index (χ3n) is 3.25. The minimum atomic E-state index is -0.521. The Kier molecular flexibility index (Phi) is 3.65. The number of para-hydroxylation sites is 1. The summed E-state index contributed by atoms with van der Waals surface area (Å²) in [5.74, 6) is -0.0190. The number of oxazole rings is 1. The Morgan fingerprint density at radius 3 is 2.91 bits per heavy atom. The fraction of sp³-hybridized carbons (Fsp3) is 0.125. The van der Waals surface area contributed by atoms with Gasteiger partial charge in [-0.05, 0) is 24.3 Å². The topological polar surface area (TPSA) is 84.3 Å². The molecule has 0 saturated carbocycles. The number of fused-ring (bicyclic) bond motifs is 1. The van der Waals surface area contributed by atoms with Gasteiger partial charge in [0.05, 0.1) is 19.0 Å². The van der Waals surface area contributed by atoms with Crippen LogP contribution in [0.1, 0.15) is 5.56 Å². The molecule has 2 N–H and O–H groups in total. The van der Waals surface area contributed by atoms with Crippen LogP contribution < -0.4 is 15.8 Å². The van der Waals surface area contributed by atoms with Crippen LogP contribution in [-0.4, -0.2) is 18.0 Å². The van der Waals surface area contributed by atoms with Crippen molar-refractivity contribution >= 4 is 22.7 Å². The number of hydrogen-bond acceptors (Lipinski definition) is 4. The molecule has 0 bridgehead atoms. The number of benzene rings is 2. The number of H-pyrrole nitrogens is 1. The number of methoxy groups -OCH3 is 1. The lowest BCUT2D eigenvalue weighted by molar-refractivity contribution is -0.115. The van der Waals surface area contributed by atoms with Crippen LogP contribution in [-0.2, 0) is 11.2 Å². The summed E-state index contributed by atoms with van der Waals surface area (Å²) < 4.78 is 10.1. The first-order chi connectivity index (χ1) is 10.7. The van der Waals surface area contributed by atoms with Crippen molar-refractivity contribution in [2.75, 3.05) is 12.4 Å². The summed E-state index contributed by atoms with van der Waals surface area (Å²) in [5.41, 5.74) is 2.39. The Morgan fingerprint density at radius 1 is 1.27 bits per heavy atom. The van der Waals surface area contributed by atoms with E-state index in [0.29, 0.717) is 22.5 Å². The highest BCUT2D eigenvalue weighted by Gasteiger charge is 2.09. The number of hydrogen-bond donors (Lipinski definition) is 2. The minimum Gasteiger partial charge on any atom is -0.496 e. The molecule has 2 aromatic carbocycles. The predicted octanol–water partition coefficient (Wildman–Crippen LogP) is 2.31. The number of ether oxygens (including phenoxy) is 1. The lowest BCUT2D eigenvalue weighted by Gasteiger charge is -2.08. The van der Waals surface area contributed by atoms with E-state index in [4.69, 9.17) is 9.15 Å². The van der Waals surface area contributed by atoms with Crippen LogP contribution >= 0.6 is 0 Å². The van der Waals surface area contributed by atoms with Crippen LogP contribution in [0.5, 0.6) is 5.75 Å². The van der Waals surface area contributed by atoms with Crippen LogP contribution in [0.4, 0.5) is 5.69 Å². The first kappa shape index (κ1) is 13.9. The summed E-state index contributed by atoms with van der Waals surface area (Å²) in [6.07, 6.45) is 0.198. The normalized spacial score (nSPS) is 10.6. The van der Waals surface area contributed by atoms with Gasteiger partial charge in [-0.25, -0.2) is 4.79 Å². The largest absolute Gasteiger partial charge is 0.496 e. The van der Waals surface area contributed by atoms with Crippen molar-refractivity contribution < 1.29 is 13.9 Å². The number of aromatic amines is 1. The molecule has 0 atom stereocenters. The zero-order valence-electron chi connectivity index (χ0n) is 11.9. The van der Waals surface area contributed by atoms with Crippen molar-refractivity contribution in [1.29, 1.82) is 0 Å². The van der Waals surface area contributed by atoms with E-state index in [1.165, 1.54) is 0 Å². The number of nitrogens with one attached hydrogen (secondary N) is 2. The molecule has 3 aromatic rings. The molecule has 0 aliphatic heterocycles. The number of carbonyl (C=O) groups excluding carboxylic acids is 1. The fourth-order valence-electron chi connectivity index (χ4n) is 2.26. The number of anilines is 1. The van der Waals surface area contributed by atoms with Gasteiger partial charge < -0.3 is 14.5 Å². The second-order valence-corrected chi connectivity index (χ2v) is 4.76. The van der Waals surface area contributed by atoms with Gasteiger partial charge in [0.2, 0.25) is 5.91 Å². The summed E-state index contributed by atoms with van der Waals surface area (Å²) >= 11 is 0. The monoisotopic (exact) mass is 298 g/mol. The van der Waals surface area contributed by atoms with E-state index in [1.807, 2.05) is 24.3 Å². The quantitative estimate of drug-likeness (QED) is 0.774. The van der Waals surface area contributed by atoms with Crippen LogP contribution in [0.2, 0.25) is 0 Å². The molecule has 0 spiro atoms. The van der Waals surface area contributed by atoms with Gasteiger partial charge in [0.1, 0.15) is 5.75 Å². The lowest BCUT2D eigenvalue weighted by Crippen LogP contribution is -2.14. The highest BCUT2D eigenvalue weighted by atomic mass is 16.5. The molecule has 6 heteroatoms. The van der Waals surface area contributed by atoms with Crippen LogP contribution in [0, 0.1) is 0 Å². The van der Waals surface area contributed by atoms with Gasteiger partial charge in [0.25, 0.3) is 0 Å². The Bertz CT molecular complexity index is 879. The molecule has 1 heterocycles. The van der Waals surface area contributed by atoms with Crippen molar-refractivity contribution in [3.05, 3.63) is 58.6 Å². The van der Waals surface area contributed by atoms with Gasteiger partial charge in [0, 0.05) is 11.3 Å². The molecule has 0 fully saturated rings. The first-order valence-electron chi connectivity index (χ1n) is 6.70. The van der Waals surface area contributed by atoms with E-state index in [1.54, 1.807) is 25.3 Å². The number of aromatic nitrogens is 1. The van der Waals surface area contributed by atoms with Gasteiger partial charge in [-0.3, -0.25) is 9.78 Å². The Balaban J connectivity index is 1.76. The molecule has 0 aliphatic carbocycles. The van der Waals surface area contributed by atoms with E-state index in [2.05, 4.69) is 10.3 Å². The Morgan fingerprint density at radius 2 is 2.09 bits per heavy atom. The first-order valence-corrected chi connectivity index (χ1v) is 6.70. The summed E-state index contributed by atoms with van der Waals surface area (Å²) in [4.78, 5) is 25.8. The summed E-state index contributed by atoms with van der Waals surface area (Å²) in [7, 11) is 1.57. The predicted molar refractivity (Wildman–Crippen MR) is 82.2 cm³/mol. The Hall–Kier alpha value is -3.02. The van der Waals surface area contributed by atoms with Gasteiger partial charge >= 0.3 is 5.76 Å². The highest BCUT2D eigenvalue weighted by Crippen LogP contribution is 2.19. The van der Waals surface area contributed by atoms with Crippen molar-refractivity contribution in [2.45, 2.75) is 6.42 Å². The second-order valence-electron chi connectivity index (χ2n) is 4.76. The molecule has 0 saturated heterocycles. The van der Waals surface area contributed by atoms with Crippen LogP contribution in [0.15, 0.2) is 51.7 Å². The van der Waals surface area contributed by atoms with Gasteiger partial charge in [0.15, 0.2) is 5.58 Å². The summed E-state index contributed by atoms with van der Waals surface area (Å²) in [6, 6.07) is 12.3. The van der Waals surface area contributed by atoms with E-state index in [9.17, 15) is 9.59 Å². The molecule has 0 radical (unpaired) electrons. The third-order valence-corrected chi connectivity index (χ3v) is 3.25. The molecule has 1 aromatic heterocycles. The standard InChI is InChI=1S/C16H14N2O4/c1-21-13-5-3-2-4-10(13)8-15(19)17-11-6-7-14-12(9-11)18-16(20)22-14/h2-7,9H,8H2,1H3,(H,17,19)(H,18,20). The molecule has 0 unspecified atom stereocenters. The lowest BCUT2D eigenvalue weighted by atomic mass is 10.1. The van der Waals surface area contributed by atoms with Crippen molar-refractivity contribution in [1.82, 2.24) is 4.98 Å². The van der Waals surface area contributed by atoms with Crippen LogP contribution in [0.3, 0.4) is 0 Å². The molecule has 6 nitrogen and oxygen atoms in total. The summed E-state index contributed by atoms with van der Waals surface area (Å²) in [6.45, 7) is 0. The zero-order chi connectivity index (χ0) is 15.5. The van der Waals surface area contributed by atoms with Crippen LogP contribution in [0.25, 0.3) is 11.1 Å². The van der Waals surface area contributed by atoms with Crippen molar-refractivity contribution in [3.63, 3.8) is 0 Å². The molecular weight excluding hydrogens is 284 g/mol. The molecule has 22 heavy (non-hydrogen) atoms. The average molecular weight is 298 g/mol. The molecular formula is C16H14N2O4. The van der Waals surface area contributed by atoms with E-state index in [-0.39, 0.29) is 12.3 Å². The maximum absolute atomic E-state index is 12.1. The third kappa shape index (κ3) is 2.85. The zero-order valence-corrected chi connectivity index (χ0v) is 11.9. The van der Waals surface area contributed by atoms with E-state index < -0.39 is 5.76 Å². The number of carbonyl (C=O) groups is 1.